The van der Waals surface area contributed by atoms with Gasteiger partial charge in [0, 0.05) is 0 Å². The van der Waals surface area contributed by atoms with E-state index in [1.54, 1.807) is 0 Å². The first-order chi connectivity index (χ1) is 7.79. The highest BCUT2D eigenvalue weighted by atomic mass is 19.4. The van der Waals surface area contributed by atoms with Gasteiger partial charge in [-0.25, -0.2) is 4.79 Å². The Kier molecular flexibility index (Phi) is 3.82. The summed E-state index contributed by atoms with van der Waals surface area (Å²) in [5, 5.41) is 8.58. The number of benzene rings is 1. The summed E-state index contributed by atoms with van der Waals surface area (Å²) in [6.45, 7) is 1.20. The molecule has 0 unspecified atom stereocenters. The van der Waals surface area contributed by atoms with E-state index in [1.165, 1.54) is 25.1 Å². The Balaban J connectivity index is 2.88. The first-order valence-electron chi connectivity index (χ1n) is 4.54. The summed E-state index contributed by atoms with van der Waals surface area (Å²) in [5.74, 6) is -2.14. The maximum atomic E-state index is 12.0. The van der Waals surface area contributed by atoms with Gasteiger partial charge in [0.05, 0.1) is 0 Å². The number of ether oxygens (including phenoxy) is 2. The van der Waals surface area contributed by atoms with Crippen LogP contribution >= 0.6 is 0 Å². The average molecular weight is 250 g/mol. The number of hydrogen-bond acceptors (Lipinski definition) is 3. The van der Waals surface area contributed by atoms with Crippen LogP contribution in [-0.2, 0) is 4.79 Å². The van der Waals surface area contributed by atoms with Crippen LogP contribution in [0.25, 0.3) is 0 Å². The van der Waals surface area contributed by atoms with Crippen molar-refractivity contribution < 1.29 is 32.5 Å². The number of para-hydroxylation sites is 2. The minimum Gasteiger partial charge on any atom is -0.479 e. The number of rotatable bonds is 4. The number of carboxylic acids is 1. The van der Waals surface area contributed by atoms with Crippen molar-refractivity contribution in [2.24, 2.45) is 0 Å². The molecule has 0 aromatic heterocycles. The molecule has 0 bridgehead atoms. The number of alkyl halides is 3. The Bertz CT molecular complexity index is 403. The van der Waals surface area contributed by atoms with Crippen molar-refractivity contribution in [3.63, 3.8) is 0 Å². The van der Waals surface area contributed by atoms with Crippen LogP contribution < -0.4 is 9.47 Å². The third-order valence-electron chi connectivity index (χ3n) is 1.73. The predicted octanol–water partition coefficient (Wildman–Crippen LogP) is 2.44. The molecule has 0 fully saturated rings. The van der Waals surface area contributed by atoms with Gasteiger partial charge in [-0.05, 0) is 19.1 Å². The smallest absolute Gasteiger partial charge is 0.479 e. The summed E-state index contributed by atoms with van der Waals surface area (Å²) in [6.07, 6.45) is -6.13. The standard InChI is InChI=1S/C10H9F3O4/c1-6(9(14)15)16-7-4-2-3-5-8(7)17-10(11,12)13/h2-6H,1H3,(H,14,15)/t6-/m0/s1. The molecule has 1 aromatic carbocycles. The van der Waals surface area contributed by atoms with Crippen LogP contribution in [0.5, 0.6) is 11.5 Å². The summed E-state index contributed by atoms with van der Waals surface area (Å²) < 4.78 is 44.6. The van der Waals surface area contributed by atoms with Gasteiger partial charge in [0.1, 0.15) is 0 Å². The average Bonchev–Trinajstić information content (AvgIpc) is 2.18. The number of carboxylic acid groups (broad SMARTS) is 1. The SMILES string of the molecule is C[C@H](Oc1ccccc1OC(F)(F)F)C(=O)O. The molecule has 0 aliphatic rings. The van der Waals surface area contributed by atoms with Crippen LogP contribution in [0.1, 0.15) is 6.92 Å². The van der Waals surface area contributed by atoms with Crippen LogP contribution in [-0.4, -0.2) is 23.5 Å². The highest BCUT2D eigenvalue weighted by Gasteiger charge is 2.32. The molecule has 0 amide bonds. The van der Waals surface area contributed by atoms with E-state index in [0.717, 1.165) is 6.07 Å². The lowest BCUT2D eigenvalue weighted by Gasteiger charge is -2.15. The molecular formula is C10H9F3O4. The quantitative estimate of drug-likeness (QED) is 0.891. The van der Waals surface area contributed by atoms with Gasteiger partial charge >= 0.3 is 12.3 Å². The molecule has 1 rings (SSSR count). The van der Waals surface area contributed by atoms with Gasteiger partial charge in [-0.3, -0.25) is 0 Å². The molecule has 0 aliphatic heterocycles. The zero-order chi connectivity index (χ0) is 13.1. The largest absolute Gasteiger partial charge is 0.573 e. The van der Waals surface area contributed by atoms with Crippen molar-refractivity contribution in [3.05, 3.63) is 24.3 Å². The Morgan fingerprint density at radius 2 is 1.82 bits per heavy atom. The Labute approximate surface area is 94.6 Å². The van der Waals surface area contributed by atoms with E-state index in [9.17, 15) is 18.0 Å². The first kappa shape index (κ1) is 13.1. The number of hydrogen-bond donors (Lipinski definition) is 1. The summed E-state index contributed by atoms with van der Waals surface area (Å²) in [6, 6.07) is 4.96. The summed E-state index contributed by atoms with van der Waals surface area (Å²) in [4.78, 5) is 10.5. The maximum Gasteiger partial charge on any atom is 0.573 e. The van der Waals surface area contributed by atoms with Crippen LogP contribution in [0, 0.1) is 0 Å². The van der Waals surface area contributed by atoms with Crippen molar-refractivity contribution in [1.82, 2.24) is 0 Å². The van der Waals surface area contributed by atoms with E-state index in [2.05, 4.69) is 4.74 Å². The van der Waals surface area contributed by atoms with Crippen LogP contribution in [0.3, 0.4) is 0 Å². The molecule has 0 heterocycles. The molecule has 17 heavy (non-hydrogen) atoms. The van der Waals surface area contributed by atoms with E-state index >= 15 is 0 Å². The van der Waals surface area contributed by atoms with Crippen LogP contribution in [0.15, 0.2) is 24.3 Å². The van der Waals surface area contributed by atoms with E-state index in [-0.39, 0.29) is 5.75 Å². The molecule has 1 aromatic rings. The Hall–Kier alpha value is -1.92. The molecule has 0 spiro atoms. The topological polar surface area (TPSA) is 55.8 Å². The lowest BCUT2D eigenvalue weighted by Crippen LogP contribution is -2.24. The Morgan fingerprint density at radius 1 is 1.29 bits per heavy atom. The fraction of sp³-hybridized carbons (Fsp3) is 0.300. The van der Waals surface area contributed by atoms with Gasteiger partial charge in [0.2, 0.25) is 0 Å². The molecule has 4 nitrogen and oxygen atoms in total. The van der Waals surface area contributed by atoms with Crippen molar-refractivity contribution in [3.8, 4) is 11.5 Å². The molecule has 0 saturated heterocycles. The van der Waals surface area contributed by atoms with Crippen molar-refractivity contribution in [2.45, 2.75) is 19.4 Å². The highest BCUT2D eigenvalue weighted by Crippen LogP contribution is 2.32. The molecule has 0 radical (unpaired) electrons. The monoisotopic (exact) mass is 250 g/mol. The number of halogens is 3. The zero-order valence-electron chi connectivity index (χ0n) is 8.69. The maximum absolute atomic E-state index is 12.0. The normalized spacial score (nSPS) is 12.9. The zero-order valence-corrected chi connectivity index (χ0v) is 8.69. The van der Waals surface area contributed by atoms with E-state index < -0.39 is 24.2 Å². The molecule has 1 atom stereocenters. The Morgan fingerprint density at radius 3 is 2.29 bits per heavy atom. The number of aliphatic carboxylic acids is 1. The lowest BCUT2D eigenvalue weighted by atomic mass is 10.3. The molecule has 7 heteroatoms. The minimum atomic E-state index is -4.86. The second kappa shape index (κ2) is 4.94. The van der Waals surface area contributed by atoms with Crippen LogP contribution in [0.2, 0.25) is 0 Å². The fourth-order valence-corrected chi connectivity index (χ4v) is 0.997. The molecule has 94 valence electrons. The molecule has 0 saturated carbocycles. The van der Waals surface area contributed by atoms with E-state index in [1.807, 2.05) is 0 Å². The van der Waals surface area contributed by atoms with Crippen molar-refractivity contribution in [1.29, 1.82) is 0 Å². The lowest BCUT2D eigenvalue weighted by molar-refractivity contribution is -0.275. The molecular weight excluding hydrogens is 241 g/mol. The van der Waals surface area contributed by atoms with Crippen molar-refractivity contribution >= 4 is 5.97 Å². The van der Waals surface area contributed by atoms with Crippen molar-refractivity contribution in [2.75, 3.05) is 0 Å². The molecule has 0 aliphatic carbocycles. The fourth-order valence-electron chi connectivity index (χ4n) is 0.997. The second-order valence-electron chi connectivity index (χ2n) is 3.09. The van der Waals surface area contributed by atoms with E-state index in [0.29, 0.717) is 0 Å². The van der Waals surface area contributed by atoms with Gasteiger partial charge in [-0.1, -0.05) is 12.1 Å². The predicted molar refractivity (Wildman–Crippen MR) is 50.9 cm³/mol. The summed E-state index contributed by atoms with van der Waals surface area (Å²) >= 11 is 0. The van der Waals surface area contributed by atoms with Gasteiger partial charge in [-0.15, -0.1) is 13.2 Å². The second-order valence-corrected chi connectivity index (χ2v) is 3.09. The van der Waals surface area contributed by atoms with Gasteiger partial charge in [-0.2, -0.15) is 0 Å². The number of carbonyl (C=O) groups is 1. The third kappa shape index (κ3) is 4.21. The summed E-state index contributed by atoms with van der Waals surface area (Å²) in [7, 11) is 0. The minimum absolute atomic E-state index is 0.278. The third-order valence-corrected chi connectivity index (χ3v) is 1.73. The van der Waals surface area contributed by atoms with Crippen LogP contribution in [0.4, 0.5) is 13.2 Å². The summed E-state index contributed by atoms with van der Waals surface area (Å²) in [5.41, 5.74) is 0. The van der Waals surface area contributed by atoms with E-state index in [4.69, 9.17) is 9.84 Å². The van der Waals surface area contributed by atoms with Gasteiger partial charge in [0.15, 0.2) is 17.6 Å². The highest BCUT2D eigenvalue weighted by molar-refractivity contribution is 5.72. The first-order valence-corrected chi connectivity index (χ1v) is 4.54. The van der Waals surface area contributed by atoms with Gasteiger partial charge < -0.3 is 14.6 Å². The molecule has 1 N–H and O–H groups in total. The van der Waals surface area contributed by atoms with Gasteiger partial charge in [0.25, 0.3) is 0 Å².